The summed E-state index contributed by atoms with van der Waals surface area (Å²) in [4.78, 5) is 27.2. The Balaban J connectivity index is 1.86. The Hall–Kier alpha value is -1.93. The van der Waals surface area contributed by atoms with Crippen molar-refractivity contribution in [3.8, 4) is 0 Å². The highest BCUT2D eigenvalue weighted by atomic mass is 32.2. The number of amides is 3. The zero-order valence-corrected chi connectivity index (χ0v) is 18.0. The zero-order chi connectivity index (χ0) is 20.9. The molecular weight excluding hydrogens is 378 g/mol. The Labute approximate surface area is 167 Å². The van der Waals surface area contributed by atoms with E-state index in [4.69, 9.17) is 0 Å². The van der Waals surface area contributed by atoms with Crippen LogP contribution in [0.5, 0.6) is 0 Å². The fraction of sp³-hybridized carbons (Fsp3) is 0.600. The van der Waals surface area contributed by atoms with Gasteiger partial charge in [-0.2, -0.15) is 0 Å². The smallest absolute Gasteiger partial charge is 0.323 e. The molecule has 1 N–H and O–H groups in total. The van der Waals surface area contributed by atoms with E-state index < -0.39 is 21.6 Å². The van der Waals surface area contributed by atoms with Crippen LogP contribution in [0.3, 0.4) is 0 Å². The van der Waals surface area contributed by atoms with Crippen molar-refractivity contribution in [1.29, 1.82) is 0 Å². The monoisotopic (exact) mass is 407 g/mol. The molecule has 0 aromatic heterocycles. The van der Waals surface area contributed by atoms with Crippen molar-refractivity contribution in [3.05, 3.63) is 29.8 Å². The van der Waals surface area contributed by atoms with Crippen LogP contribution in [0.4, 0.5) is 4.79 Å². The molecule has 1 aliphatic heterocycles. The minimum atomic E-state index is -3.58. The highest BCUT2D eigenvalue weighted by Gasteiger charge is 2.56. The van der Waals surface area contributed by atoms with Crippen molar-refractivity contribution < 1.29 is 18.0 Å². The van der Waals surface area contributed by atoms with Crippen molar-refractivity contribution in [2.24, 2.45) is 11.3 Å². The first-order valence-corrected chi connectivity index (χ1v) is 11.0. The van der Waals surface area contributed by atoms with Gasteiger partial charge in [0.25, 0.3) is 5.91 Å². The summed E-state index contributed by atoms with van der Waals surface area (Å²) < 4.78 is 25.9. The third kappa shape index (κ3) is 3.67. The number of sulfonamides is 1. The largest absolute Gasteiger partial charge is 0.325 e. The van der Waals surface area contributed by atoms with E-state index >= 15 is 0 Å². The van der Waals surface area contributed by atoms with Crippen LogP contribution in [0.15, 0.2) is 29.2 Å². The van der Waals surface area contributed by atoms with Gasteiger partial charge in [0, 0.05) is 14.1 Å². The second-order valence-corrected chi connectivity index (χ2v) is 11.3. The minimum Gasteiger partial charge on any atom is -0.323 e. The SMILES string of the molecule is C[C@H]1CC(C)(C)C[C@]2(C1)NC(=O)N(Cc1cccc(S(=O)(=O)N(C)C)c1)C2=O. The van der Waals surface area contributed by atoms with Gasteiger partial charge in [0.15, 0.2) is 0 Å². The maximum absolute atomic E-state index is 13.2. The number of hydrogen-bond acceptors (Lipinski definition) is 4. The quantitative estimate of drug-likeness (QED) is 0.777. The maximum Gasteiger partial charge on any atom is 0.325 e. The number of urea groups is 1. The highest BCUT2D eigenvalue weighted by Crippen LogP contribution is 2.46. The van der Waals surface area contributed by atoms with Gasteiger partial charge in [-0.3, -0.25) is 9.69 Å². The van der Waals surface area contributed by atoms with E-state index in [1.165, 1.54) is 31.1 Å². The molecule has 1 saturated carbocycles. The molecule has 1 aromatic carbocycles. The number of hydrogen-bond donors (Lipinski definition) is 1. The summed E-state index contributed by atoms with van der Waals surface area (Å²) in [5.41, 5.74) is -0.284. The van der Waals surface area contributed by atoms with Crippen LogP contribution in [0, 0.1) is 11.3 Å². The molecule has 0 radical (unpaired) electrons. The molecule has 0 bridgehead atoms. The first kappa shape index (κ1) is 20.8. The molecule has 1 aromatic rings. The van der Waals surface area contributed by atoms with Crippen LogP contribution in [0.25, 0.3) is 0 Å². The summed E-state index contributed by atoms with van der Waals surface area (Å²) in [6, 6.07) is 5.99. The van der Waals surface area contributed by atoms with E-state index in [0.717, 1.165) is 10.7 Å². The summed E-state index contributed by atoms with van der Waals surface area (Å²) in [6.45, 7) is 6.42. The average Bonchev–Trinajstić information content (AvgIpc) is 2.76. The maximum atomic E-state index is 13.2. The van der Waals surface area contributed by atoms with E-state index in [9.17, 15) is 18.0 Å². The number of carbonyl (C=O) groups is 2. The van der Waals surface area contributed by atoms with Gasteiger partial charge >= 0.3 is 6.03 Å². The van der Waals surface area contributed by atoms with Gasteiger partial charge in [-0.25, -0.2) is 17.5 Å². The van der Waals surface area contributed by atoms with Gasteiger partial charge in [-0.1, -0.05) is 32.9 Å². The summed E-state index contributed by atoms with van der Waals surface area (Å²) >= 11 is 0. The third-order valence-corrected chi connectivity index (χ3v) is 7.45. The van der Waals surface area contributed by atoms with Gasteiger partial charge in [0.2, 0.25) is 10.0 Å². The van der Waals surface area contributed by atoms with Crippen molar-refractivity contribution in [2.45, 2.75) is 57.0 Å². The lowest BCUT2D eigenvalue weighted by Crippen LogP contribution is -2.54. The number of rotatable bonds is 4. The summed E-state index contributed by atoms with van der Waals surface area (Å²) in [5, 5.41) is 2.95. The molecule has 1 spiro atoms. The lowest BCUT2D eigenvalue weighted by Gasteiger charge is -2.43. The molecule has 1 heterocycles. The number of carbonyl (C=O) groups excluding carboxylic acids is 2. The summed E-state index contributed by atoms with van der Waals surface area (Å²) in [7, 11) is -0.645. The fourth-order valence-corrected chi connectivity index (χ4v) is 5.82. The van der Waals surface area contributed by atoms with Gasteiger partial charge in [-0.05, 0) is 48.3 Å². The van der Waals surface area contributed by atoms with E-state index in [-0.39, 0.29) is 22.8 Å². The first-order valence-electron chi connectivity index (χ1n) is 9.52. The average molecular weight is 408 g/mol. The number of nitrogens with zero attached hydrogens (tertiary/aromatic N) is 2. The van der Waals surface area contributed by atoms with Gasteiger partial charge < -0.3 is 5.32 Å². The first-order chi connectivity index (χ1) is 12.9. The van der Waals surface area contributed by atoms with Crippen LogP contribution in [-0.2, 0) is 21.4 Å². The van der Waals surface area contributed by atoms with Crippen molar-refractivity contribution in [3.63, 3.8) is 0 Å². The molecule has 3 amide bonds. The normalized spacial score (nSPS) is 27.5. The second kappa shape index (κ2) is 6.84. The van der Waals surface area contributed by atoms with Crippen molar-refractivity contribution in [1.82, 2.24) is 14.5 Å². The molecule has 1 aliphatic carbocycles. The third-order valence-electron chi connectivity index (χ3n) is 5.64. The fourth-order valence-electron chi connectivity index (χ4n) is 4.85. The van der Waals surface area contributed by atoms with Crippen LogP contribution in [-0.4, -0.2) is 49.2 Å². The van der Waals surface area contributed by atoms with Gasteiger partial charge in [0.1, 0.15) is 5.54 Å². The van der Waals surface area contributed by atoms with Gasteiger partial charge in [-0.15, -0.1) is 0 Å². The highest BCUT2D eigenvalue weighted by molar-refractivity contribution is 7.89. The summed E-state index contributed by atoms with van der Waals surface area (Å²) in [6.07, 6.45) is 2.26. The van der Waals surface area contributed by atoms with E-state index in [1.54, 1.807) is 12.1 Å². The molecule has 3 rings (SSSR count). The van der Waals surface area contributed by atoms with E-state index in [0.29, 0.717) is 24.3 Å². The Morgan fingerprint density at radius 2 is 1.89 bits per heavy atom. The van der Waals surface area contributed by atoms with Crippen LogP contribution in [0.2, 0.25) is 0 Å². The Kier molecular flexibility index (Phi) is 5.08. The topological polar surface area (TPSA) is 86.8 Å². The molecule has 8 heteroatoms. The molecule has 7 nitrogen and oxygen atoms in total. The molecule has 0 unspecified atom stereocenters. The Morgan fingerprint density at radius 3 is 2.50 bits per heavy atom. The Bertz CT molecular complexity index is 910. The molecule has 2 aliphatic rings. The molecule has 28 heavy (non-hydrogen) atoms. The lowest BCUT2D eigenvalue weighted by molar-refractivity contribution is -0.135. The van der Waals surface area contributed by atoms with Gasteiger partial charge in [0.05, 0.1) is 11.4 Å². The molecule has 2 atom stereocenters. The molecular formula is C20H29N3O4S. The van der Waals surface area contributed by atoms with Crippen LogP contribution >= 0.6 is 0 Å². The minimum absolute atomic E-state index is 0.0314. The number of imide groups is 1. The lowest BCUT2D eigenvalue weighted by atomic mass is 9.64. The van der Waals surface area contributed by atoms with E-state index in [2.05, 4.69) is 26.1 Å². The molecule has 154 valence electrons. The summed E-state index contributed by atoms with van der Waals surface area (Å²) in [5.74, 6) is 0.125. The van der Waals surface area contributed by atoms with Crippen LogP contribution < -0.4 is 5.32 Å². The molecule has 1 saturated heterocycles. The van der Waals surface area contributed by atoms with Crippen LogP contribution in [0.1, 0.15) is 45.6 Å². The Morgan fingerprint density at radius 1 is 1.21 bits per heavy atom. The number of nitrogens with one attached hydrogen (secondary N) is 1. The predicted octanol–water partition coefficient (Wildman–Crippen LogP) is 2.57. The number of benzene rings is 1. The standard InChI is InChI=1S/C20H29N3O4S/c1-14-10-19(2,3)13-20(11-14)17(24)23(18(25)21-20)12-15-7-6-8-16(9-15)28(26,27)22(4)5/h6-9,14H,10-13H2,1-5H3,(H,21,25)/t14-,20-/m0/s1. The van der Waals surface area contributed by atoms with E-state index in [1.807, 2.05) is 0 Å². The zero-order valence-electron chi connectivity index (χ0n) is 17.2. The van der Waals surface area contributed by atoms with Crippen molar-refractivity contribution in [2.75, 3.05) is 14.1 Å². The second-order valence-electron chi connectivity index (χ2n) is 9.19. The molecule has 2 fully saturated rings. The predicted molar refractivity (Wildman–Crippen MR) is 106 cm³/mol. The van der Waals surface area contributed by atoms with Crippen molar-refractivity contribution >= 4 is 22.0 Å².